The lowest BCUT2D eigenvalue weighted by molar-refractivity contribution is -0.123. The number of halogens is 1. The van der Waals surface area contributed by atoms with E-state index in [1.807, 2.05) is 0 Å². The number of hydrogen-bond donors (Lipinski definition) is 1. The summed E-state index contributed by atoms with van der Waals surface area (Å²) < 4.78 is 21.2. The van der Waals surface area contributed by atoms with Gasteiger partial charge >= 0.3 is 0 Å². The van der Waals surface area contributed by atoms with Crippen LogP contribution in [0.15, 0.2) is 0 Å². The summed E-state index contributed by atoms with van der Waals surface area (Å²) in [5.41, 5.74) is 0. The van der Waals surface area contributed by atoms with Crippen molar-refractivity contribution in [1.82, 2.24) is 5.32 Å². The standard InChI is InChI=1S/C8H16BrNO3S/c1-6(5-9)10-7(11)8(2,3)14(4,12)13/h6H,5H2,1-4H3,(H,10,11). The van der Waals surface area contributed by atoms with Crippen molar-refractivity contribution >= 4 is 31.7 Å². The monoisotopic (exact) mass is 285 g/mol. The Morgan fingerprint density at radius 2 is 1.93 bits per heavy atom. The van der Waals surface area contributed by atoms with E-state index in [2.05, 4.69) is 21.2 Å². The third kappa shape index (κ3) is 3.24. The highest BCUT2D eigenvalue weighted by molar-refractivity contribution is 9.09. The lowest BCUT2D eigenvalue weighted by Gasteiger charge is -2.23. The van der Waals surface area contributed by atoms with Gasteiger partial charge < -0.3 is 5.32 Å². The van der Waals surface area contributed by atoms with Gasteiger partial charge in [-0.15, -0.1) is 0 Å². The number of sulfone groups is 1. The van der Waals surface area contributed by atoms with Crippen LogP contribution in [-0.4, -0.2) is 36.7 Å². The molecule has 1 N–H and O–H groups in total. The second kappa shape index (κ2) is 4.61. The molecule has 0 aromatic heterocycles. The van der Waals surface area contributed by atoms with Gasteiger partial charge in [0.15, 0.2) is 9.84 Å². The van der Waals surface area contributed by atoms with Crippen LogP contribution < -0.4 is 5.32 Å². The molecule has 0 bridgehead atoms. The van der Waals surface area contributed by atoms with Crippen LogP contribution in [0, 0.1) is 0 Å². The van der Waals surface area contributed by atoms with Crippen LogP contribution in [0.25, 0.3) is 0 Å². The van der Waals surface area contributed by atoms with E-state index in [1.165, 1.54) is 13.8 Å². The van der Waals surface area contributed by atoms with E-state index in [0.29, 0.717) is 5.33 Å². The summed E-state index contributed by atoms with van der Waals surface area (Å²) in [5.74, 6) is -0.466. The average molecular weight is 286 g/mol. The largest absolute Gasteiger partial charge is 0.351 e. The highest BCUT2D eigenvalue weighted by Gasteiger charge is 2.38. The Bertz CT molecular complexity index is 311. The zero-order chi connectivity index (χ0) is 11.6. The van der Waals surface area contributed by atoms with Gasteiger partial charge in [0.05, 0.1) is 0 Å². The predicted octanol–water partition coefficient (Wildman–Crippen LogP) is 0.709. The minimum absolute atomic E-state index is 0.0801. The smallest absolute Gasteiger partial charge is 0.241 e. The predicted molar refractivity (Wildman–Crippen MR) is 60.3 cm³/mol. The van der Waals surface area contributed by atoms with Crippen molar-refractivity contribution < 1.29 is 13.2 Å². The maximum absolute atomic E-state index is 11.6. The quantitative estimate of drug-likeness (QED) is 0.774. The lowest BCUT2D eigenvalue weighted by atomic mass is 10.2. The number of nitrogens with one attached hydrogen (secondary N) is 1. The van der Waals surface area contributed by atoms with Crippen molar-refractivity contribution in [2.24, 2.45) is 0 Å². The minimum Gasteiger partial charge on any atom is -0.351 e. The van der Waals surface area contributed by atoms with E-state index in [1.54, 1.807) is 6.92 Å². The first-order chi connectivity index (χ1) is 6.13. The van der Waals surface area contributed by atoms with Crippen molar-refractivity contribution in [3.05, 3.63) is 0 Å². The molecule has 0 rings (SSSR count). The molecule has 0 aliphatic rings. The number of amides is 1. The van der Waals surface area contributed by atoms with Gasteiger partial charge in [0.2, 0.25) is 5.91 Å². The van der Waals surface area contributed by atoms with Crippen molar-refractivity contribution in [3.63, 3.8) is 0 Å². The number of hydrogen-bond acceptors (Lipinski definition) is 3. The highest BCUT2D eigenvalue weighted by atomic mass is 79.9. The van der Waals surface area contributed by atoms with Crippen molar-refractivity contribution in [2.75, 3.05) is 11.6 Å². The average Bonchev–Trinajstić information content (AvgIpc) is 2.01. The van der Waals surface area contributed by atoms with Crippen LogP contribution in [0.5, 0.6) is 0 Å². The first kappa shape index (κ1) is 13.9. The molecule has 84 valence electrons. The van der Waals surface area contributed by atoms with Crippen LogP contribution in [0.1, 0.15) is 20.8 Å². The maximum atomic E-state index is 11.6. The van der Waals surface area contributed by atoms with Crippen LogP contribution in [0.3, 0.4) is 0 Å². The number of alkyl halides is 1. The first-order valence-electron chi connectivity index (χ1n) is 4.19. The van der Waals surface area contributed by atoms with Crippen LogP contribution in [0.2, 0.25) is 0 Å². The summed E-state index contributed by atoms with van der Waals surface area (Å²) in [4.78, 5) is 11.6. The van der Waals surface area contributed by atoms with E-state index in [-0.39, 0.29) is 6.04 Å². The Morgan fingerprint density at radius 3 is 2.21 bits per heavy atom. The highest BCUT2D eigenvalue weighted by Crippen LogP contribution is 2.15. The molecule has 0 aliphatic carbocycles. The van der Waals surface area contributed by atoms with Gasteiger partial charge in [-0.1, -0.05) is 15.9 Å². The van der Waals surface area contributed by atoms with Gasteiger partial charge in [-0.25, -0.2) is 8.42 Å². The molecular formula is C8H16BrNO3S. The molecule has 0 spiro atoms. The van der Waals surface area contributed by atoms with Crippen molar-refractivity contribution in [2.45, 2.75) is 31.6 Å². The molecule has 0 radical (unpaired) electrons. The maximum Gasteiger partial charge on any atom is 0.241 e. The molecule has 0 aromatic carbocycles. The second-order valence-electron chi connectivity index (χ2n) is 3.81. The Kier molecular flexibility index (Phi) is 4.58. The SMILES string of the molecule is CC(CBr)NC(=O)C(C)(C)S(C)(=O)=O. The molecule has 6 heteroatoms. The van der Waals surface area contributed by atoms with Gasteiger partial charge in [0.1, 0.15) is 4.75 Å². The normalized spacial score (nSPS) is 14.9. The molecule has 0 aromatic rings. The molecule has 1 atom stereocenters. The number of carbonyl (C=O) groups is 1. The molecular weight excluding hydrogens is 270 g/mol. The van der Waals surface area contributed by atoms with E-state index in [0.717, 1.165) is 6.26 Å². The van der Waals surface area contributed by atoms with Crippen LogP contribution in [0.4, 0.5) is 0 Å². The molecule has 0 heterocycles. The molecule has 0 saturated carbocycles. The van der Waals surface area contributed by atoms with E-state index in [9.17, 15) is 13.2 Å². The molecule has 0 saturated heterocycles. The Hall–Kier alpha value is -0.100. The topological polar surface area (TPSA) is 63.2 Å². The molecule has 14 heavy (non-hydrogen) atoms. The zero-order valence-corrected chi connectivity index (χ0v) is 11.2. The molecule has 4 nitrogen and oxygen atoms in total. The Morgan fingerprint density at radius 1 is 1.50 bits per heavy atom. The van der Waals surface area contributed by atoms with E-state index >= 15 is 0 Å². The fourth-order valence-corrected chi connectivity index (χ4v) is 1.16. The van der Waals surface area contributed by atoms with Gasteiger partial charge in [0, 0.05) is 17.6 Å². The third-order valence-corrected chi connectivity index (χ3v) is 5.09. The first-order valence-corrected chi connectivity index (χ1v) is 7.20. The van der Waals surface area contributed by atoms with Gasteiger partial charge in [-0.05, 0) is 20.8 Å². The molecule has 1 amide bonds. The van der Waals surface area contributed by atoms with Crippen LogP contribution in [-0.2, 0) is 14.6 Å². The number of rotatable bonds is 4. The molecule has 0 aliphatic heterocycles. The third-order valence-electron chi connectivity index (χ3n) is 2.08. The second-order valence-corrected chi connectivity index (χ2v) is 7.02. The molecule has 0 fully saturated rings. The van der Waals surface area contributed by atoms with Gasteiger partial charge in [-0.2, -0.15) is 0 Å². The summed E-state index contributed by atoms with van der Waals surface area (Å²) in [5, 5.41) is 3.21. The van der Waals surface area contributed by atoms with Crippen LogP contribution >= 0.6 is 15.9 Å². The van der Waals surface area contributed by atoms with Crippen molar-refractivity contribution in [1.29, 1.82) is 0 Å². The van der Waals surface area contributed by atoms with Crippen molar-refractivity contribution in [3.8, 4) is 0 Å². The summed E-state index contributed by atoms with van der Waals surface area (Å²) in [6.07, 6.45) is 1.06. The van der Waals surface area contributed by atoms with E-state index < -0.39 is 20.5 Å². The fourth-order valence-electron chi connectivity index (χ4n) is 0.605. The fraction of sp³-hybridized carbons (Fsp3) is 0.875. The molecule has 1 unspecified atom stereocenters. The van der Waals surface area contributed by atoms with E-state index in [4.69, 9.17) is 0 Å². The Labute approximate surface area is 93.5 Å². The van der Waals surface area contributed by atoms with Gasteiger partial charge in [0.25, 0.3) is 0 Å². The Balaban J connectivity index is 4.70. The van der Waals surface area contributed by atoms with Gasteiger partial charge in [-0.3, -0.25) is 4.79 Å². The lowest BCUT2D eigenvalue weighted by Crippen LogP contribution is -2.50. The summed E-state index contributed by atoms with van der Waals surface area (Å²) >= 11 is 3.20. The summed E-state index contributed by atoms with van der Waals surface area (Å²) in [6.45, 7) is 4.60. The minimum atomic E-state index is -3.38. The summed E-state index contributed by atoms with van der Waals surface area (Å²) in [6, 6.07) is -0.0801. The number of carbonyl (C=O) groups excluding carboxylic acids is 1. The summed E-state index contributed by atoms with van der Waals surface area (Å²) in [7, 11) is -3.38. The zero-order valence-electron chi connectivity index (χ0n) is 8.80.